The number of β-amino-alcohol motifs (C(OH)–C–C–N with tert-alkyl or cyclic N) is 1. The SMILES string of the molecule is O[C@@H]1CCN(Cc2cc(Cl)cc3c2OCOC3)C1. The second kappa shape index (κ2) is 5.05. The summed E-state index contributed by atoms with van der Waals surface area (Å²) in [6.07, 6.45) is 0.636. The molecule has 3 rings (SSSR count). The predicted octanol–water partition coefficient (Wildman–Crippen LogP) is 1.77. The van der Waals surface area contributed by atoms with E-state index in [4.69, 9.17) is 21.1 Å². The summed E-state index contributed by atoms with van der Waals surface area (Å²) in [4.78, 5) is 2.22. The molecule has 1 saturated heterocycles. The Hall–Kier alpha value is -0.810. The lowest BCUT2D eigenvalue weighted by molar-refractivity contribution is -0.0174. The number of likely N-dealkylation sites (tertiary alicyclic amines) is 1. The van der Waals surface area contributed by atoms with Crippen molar-refractivity contribution in [1.29, 1.82) is 0 Å². The van der Waals surface area contributed by atoms with Gasteiger partial charge in [-0.15, -0.1) is 0 Å². The summed E-state index contributed by atoms with van der Waals surface area (Å²) in [6.45, 7) is 3.24. The first kappa shape index (κ1) is 12.2. The quantitative estimate of drug-likeness (QED) is 0.889. The Balaban J connectivity index is 1.84. The van der Waals surface area contributed by atoms with E-state index in [0.29, 0.717) is 18.4 Å². The molecule has 0 spiro atoms. The highest BCUT2D eigenvalue weighted by atomic mass is 35.5. The van der Waals surface area contributed by atoms with Crippen molar-refractivity contribution < 1.29 is 14.6 Å². The number of hydrogen-bond donors (Lipinski definition) is 1. The average molecular weight is 270 g/mol. The van der Waals surface area contributed by atoms with Gasteiger partial charge in [-0.2, -0.15) is 0 Å². The lowest BCUT2D eigenvalue weighted by Gasteiger charge is -2.23. The van der Waals surface area contributed by atoms with Crippen LogP contribution in [-0.4, -0.2) is 36.0 Å². The van der Waals surface area contributed by atoms with Crippen molar-refractivity contribution in [3.8, 4) is 5.75 Å². The summed E-state index contributed by atoms with van der Waals surface area (Å²) in [5.74, 6) is 0.895. The molecule has 1 aromatic carbocycles. The van der Waals surface area contributed by atoms with E-state index in [1.807, 2.05) is 12.1 Å². The normalized spacial score (nSPS) is 23.8. The maximum absolute atomic E-state index is 9.55. The lowest BCUT2D eigenvalue weighted by Crippen LogP contribution is -2.23. The maximum atomic E-state index is 9.55. The topological polar surface area (TPSA) is 41.9 Å². The van der Waals surface area contributed by atoms with Crippen LogP contribution in [0.15, 0.2) is 12.1 Å². The van der Waals surface area contributed by atoms with Crippen LogP contribution in [-0.2, 0) is 17.9 Å². The van der Waals surface area contributed by atoms with Crippen LogP contribution < -0.4 is 4.74 Å². The Morgan fingerprint density at radius 2 is 2.33 bits per heavy atom. The van der Waals surface area contributed by atoms with E-state index < -0.39 is 0 Å². The Bertz CT molecular complexity index is 452. The van der Waals surface area contributed by atoms with Gasteiger partial charge in [-0.25, -0.2) is 0 Å². The molecule has 2 aliphatic heterocycles. The number of aliphatic hydroxyl groups is 1. The predicted molar refractivity (Wildman–Crippen MR) is 67.6 cm³/mol. The Morgan fingerprint density at radius 1 is 1.44 bits per heavy atom. The first-order valence-corrected chi connectivity index (χ1v) is 6.52. The van der Waals surface area contributed by atoms with E-state index in [1.54, 1.807) is 0 Å². The molecule has 1 aromatic rings. The fourth-order valence-corrected chi connectivity index (χ4v) is 2.83. The largest absolute Gasteiger partial charge is 0.467 e. The molecule has 2 heterocycles. The van der Waals surface area contributed by atoms with Gasteiger partial charge in [0, 0.05) is 35.8 Å². The number of fused-ring (bicyclic) bond motifs is 1. The number of aliphatic hydroxyl groups excluding tert-OH is 1. The molecule has 18 heavy (non-hydrogen) atoms. The Morgan fingerprint density at radius 3 is 3.11 bits per heavy atom. The molecule has 4 nitrogen and oxygen atoms in total. The molecular formula is C13H16ClNO3. The molecule has 0 aliphatic carbocycles. The molecule has 0 bridgehead atoms. The van der Waals surface area contributed by atoms with Crippen molar-refractivity contribution in [2.75, 3.05) is 19.9 Å². The van der Waals surface area contributed by atoms with E-state index in [1.165, 1.54) is 0 Å². The molecule has 0 radical (unpaired) electrons. The van der Waals surface area contributed by atoms with E-state index >= 15 is 0 Å². The number of hydrogen-bond acceptors (Lipinski definition) is 4. The first-order valence-electron chi connectivity index (χ1n) is 6.14. The van der Waals surface area contributed by atoms with Crippen LogP contribution in [0.5, 0.6) is 5.75 Å². The summed E-state index contributed by atoms with van der Waals surface area (Å²) < 4.78 is 10.8. The zero-order chi connectivity index (χ0) is 12.5. The number of benzene rings is 1. The summed E-state index contributed by atoms with van der Waals surface area (Å²) in [5.41, 5.74) is 2.08. The van der Waals surface area contributed by atoms with Crippen LogP contribution in [0.1, 0.15) is 17.5 Å². The number of rotatable bonds is 2. The number of nitrogens with zero attached hydrogens (tertiary/aromatic N) is 1. The van der Waals surface area contributed by atoms with Crippen LogP contribution in [0.2, 0.25) is 5.02 Å². The monoisotopic (exact) mass is 269 g/mol. The minimum atomic E-state index is -0.204. The minimum absolute atomic E-state index is 0.204. The van der Waals surface area contributed by atoms with Crippen LogP contribution in [0.4, 0.5) is 0 Å². The highest BCUT2D eigenvalue weighted by Crippen LogP contribution is 2.32. The molecule has 0 aromatic heterocycles. The molecule has 98 valence electrons. The van der Waals surface area contributed by atoms with Gasteiger partial charge < -0.3 is 14.6 Å². The van der Waals surface area contributed by atoms with Crippen molar-refractivity contribution in [1.82, 2.24) is 4.90 Å². The van der Waals surface area contributed by atoms with Gasteiger partial charge in [0.1, 0.15) is 5.75 Å². The summed E-state index contributed by atoms with van der Waals surface area (Å²) >= 11 is 6.12. The van der Waals surface area contributed by atoms with Gasteiger partial charge in [-0.05, 0) is 18.6 Å². The van der Waals surface area contributed by atoms with Gasteiger partial charge in [0.15, 0.2) is 6.79 Å². The fraction of sp³-hybridized carbons (Fsp3) is 0.538. The van der Waals surface area contributed by atoms with Crippen molar-refractivity contribution in [3.05, 3.63) is 28.3 Å². The van der Waals surface area contributed by atoms with Crippen molar-refractivity contribution in [3.63, 3.8) is 0 Å². The van der Waals surface area contributed by atoms with Crippen molar-refractivity contribution in [2.24, 2.45) is 0 Å². The molecule has 0 amide bonds. The molecular weight excluding hydrogens is 254 g/mol. The molecule has 0 unspecified atom stereocenters. The van der Waals surface area contributed by atoms with Gasteiger partial charge in [0.05, 0.1) is 12.7 Å². The van der Waals surface area contributed by atoms with Crippen LogP contribution >= 0.6 is 11.6 Å². The van der Waals surface area contributed by atoms with Crippen molar-refractivity contribution in [2.45, 2.75) is 25.7 Å². The molecule has 1 N–H and O–H groups in total. The molecule has 0 saturated carbocycles. The summed E-state index contributed by atoms with van der Waals surface area (Å²) in [6, 6.07) is 3.83. The number of ether oxygens (including phenoxy) is 2. The summed E-state index contributed by atoms with van der Waals surface area (Å²) in [5, 5.41) is 10.3. The first-order chi connectivity index (χ1) is 8.72. The zero-order valence-corrected chi connectivity index (χ0v) is 10.8. The third-order valence-corrected chi connectivity index (χ3v) is 3.61. The summed E-state index contributed by atoms with van der Waals surface area (Å²) in [7, 11) is 0. The Kier molecular flexibility index (Phi) is 3.43. The zero-order valence-electron chi connectivity index (χ0n) is 10.1. The third-order valence-electron chi connectivity index (χ3n) is 3.39. The Labute approximate surface area is 111 Å². The smallest absolute Gasteiger partial charge is 0.189 e. The molecule has 5 heteroatoms. The van der Waals surface area contributed by atoms with E-state index in [-0.39, 0.29) is 6.10 Å². The van der Waals surface area contributed by atoms with Crippen molar-refractivity contribution >= 4 is 11.6 Å². The average Bonchev–Trinajstić information content (AvgIpc) is 2.74. The van der Waals surface area contributed by atoms with Crippen LogP contribution in [0.25, 0.3) is 0 Å². The minimum Gasteiger partial charge on any atom is -0.467 e. The van der Waals surface area contributed by atoms with Crippen LogP contribution in [0, 0.1) is 0 Å². The fourth-order valence-electron chi connectivity index (χ4n) is 2.57. The molecule has 2 aliphatic rings. The van der Waals surface area contributed by atoms with Gasteiger partial charge in [-0.1, -0.05) is 11.6 Å². The number of halogens is 1. The standard InChI is InChI=1S/C13H16ClNO3/c14-11-3-9(5-15-2-1-12(16)6-15)13-10(4-11)7-17-8-18-13/h3-4,12,16H,1-2,5-8H2/t12-/m1/s1. The second-order valence-electron chi connectivity index (χ2n) is 4.84. The van der Waals surface area contributed by atoms with Gasteiger partial charge in [0.25, 0.3) is 0 Å². The second-order valence-corrected chi connectivity index (χ2v) is 5.28. The van der Waals surface area contributed by atoms with Crippen LogP contribution in [0.3, 0.4) is 0 Å². The molecule has 1 atom stereocenters. The highest BCUT2D eigenvalue weighted by molar-refractivity contribution is 6.30. The van der Waals surface area contributed by atoms with Gasteiger partial charge in [0.2, 0.25) is 0 Å². The van der Waals surface area contributed by atoms with E-state index in [9.17, 15) is 5.11 Å². The lowest BCUT2D eigenvalue weighted by atomic mass is 10.1. The highest BCUT2D eigenvalue weighted by Gasteiger charge is 2.23. The third kappa shape index (κ3) is 2.47. The molecule has 1 fully saturated rings. The van der Waals surface area contributed by atoms with E-state index in [0.717, 1.165) is 42.9 Å². The van der Waals surface area contributed by atoms with E-state index in [2.05, 4.69) is 4.90 Å². The van der Waals surface area contributed by atoms with Gasteiger partial charge >= 0.3 is 0 Å². The maximum Gasteiger partial charge on any atom is 0.189 e. The van der Waals surface area contributed by atoms with Gasteiger partial charge in [-0.3, -0.25) is 4.90 Å².